The molecular formula is C14H24N2S. The molecule has 0 saturated heterocycles. The number of nitrogens with two attached hydrogens (primary N) is 1. The molecule has 0 spiro atoms. The van der Waals surface area contributed by atoms with Gasteiger partial charge in [0.2, 0.25) is 0 Å². The molecule has 0 fully saturated rings. The van der Waals surface area contributed by atoms with Crippen molar-refractivity contribution in [3.05, 3.63) is 29.8 Å². The van der Waals surface area contributed by atoms with Crippen molar-refractivity contribution < 1.29 is 0 Å². The zero-order valence-electron chi connectivity index (χ0n) is 11.1. The van der Waals surface area contributed by atoms with Gasteiger partial charge in [0.1, 0.15) is 0 Å². The molecule has 17 heavy (non-hydrogen) atoms. The van der Waals surface area contributed by atoms with Crippen LogP contribution in [0.4, 0.5) is 5.69 Å². The van der Waals surface area contributed by atoms with Crippen molar-refractivity contribution in [2.24, 2.45) is 0 Å². The summed E-state index contributed by atoms with van der Waals surface area (Å²) in [6, 6.07) is 8.80. The Morgan fingerprint density at radius 1 is 1.24 bits per heavy atom. The Balaban J connectivity index is 2.51. The van der Waals surface area contributed by atoms with Crippen molar-refractivity contribution in [3.63, 3.8) is 0 Å². The van der Waals surface area contributed by atoms with Gasteiger partial charge >= 0.3 is 0 Å². The first-order chi connectivity index (χ1) is 8.13. The monoisotopic (exact) mass is 252 g/mol. The number of hydrogen-bond acceptors (Lipinski definition) is 3. The zero-order chi connectivity index (χ0) is 12.7. The number of thioether (sulfide) groups is 1. The average Bonchev–Trinajstić information content (AvgIpc) is 2.30. The average molecular weight is 252 g/mol. The predicted molar refractivity (Wildman–Crippen MR) is 79.4 cm³/mol. The third-order valence-corrected chi connectivity index (χ3v) is 3.59. The molecule has 1 rings (SSSR count). The molecule has 2 nitrogen and oxygen atoms in total. The lowest BCUT2D eigenvalue weighted by molar-refractivity contribution is 0.214. The molecule has 3 heteroatoms. The van der Waals surface area contributed by atoms with Gasteiger partial charge in [0.05, 0.1) is 0 Å². The van der Waals surface area contributed by atoms with Gasteiger partial charge in [-0.15, -0.1) is 0 Å². The van der Waals surface area contributed by atoms with Crippen LogP contribution in [-0.2, 0) is 6.54 Å². The number of anilines is 1. The van der Waals surface area contributed by atoms with Crippen LogP contribution < -0.4 is 5.73 Å². The van der Waals surface area contributed by atoms with Crippen molar-refractivity contribution in [1.29, 1.82) is 0 Å². The highest BCUT2D eigenvalue weighted by Gasteiger charge is 2.09. The van der Waals surface area contributed by atoms with Crippen LogP contribution >= 0.6 is 11.8 Å². The maximum absolute atomic E-state index is 5.70. The van der Waals surface area contributed by atoms with E-state index in [1.807, 2.05) is 23.9 Å². The van der Waals surface area contributed by atoms with Crippen molar-refractivity contribution in [1.82, 2.24) is 4.90 Å². The summed E-state index contributed by atoms with van der Waals surface area (Å²) in [5, 5.41) is 0. The molecule has 0 atom stereocenters. The van der Waals surface area contributed by atoms with E-state index in [4.69, 9.17) is 5.73 Å². The van der Waals surface area contributed by atoms with E-state index in [0.29, 0.717) is 6.04 Å². The minimum atomic E-state index is 0.592. The second-order valence-electron chi connectivity index (χ2n) is 4.65. The highest BCUT2D eigenvalue weighted by molar-refractivity contribution is 7.98. The molecule has 0 saturated carbocycles. The third-order valence-electron chi connectivity index (χ3n) is 2.89. The van der Waals surface area contributed by atoms with Crippen LogP contribution in [0.1, 0.15) is 25.8 Å². The first-order valence-electron chi connectivity index (χ1n) is 6.21. The van der Waals surface area contributed by atoms with Crippen molar-refractivity contribution in [2.75, 3.05) is 24.3 Å². The lowest BCUT2D eigenvalue weighted by atomic mass is 10.1. The molecular weight excluding hydrogens is 228 g/mol. The molecule has 1 aromatic rings. The molecule has 0 radical (unpaired) electrons. The number of nitrogens with zero attached hydrogens (tertiary/aromatic N) is 1. The molecule has 2 N–H and O–H groups in total. The fourth-order valence-corrected chi connectivity index (χ4v) is 2.21. The van der Waals surface area contributed by atoms with Crippen molar-refractivity contribution in [2.45, 2.75) is 32.9 Å². The van der Waals surface area contributed by atoms with Gasteiger partial charge in [-0.25, -0.2) is 0 Å². The van der Waals surface area contributed by atoms with E-state index < -0.39 is 0 Å². The van der Waals surface area contributed by atoms with Crippen LogP contribution in [0, 0.1) is 0 Å². The summed E-state index contributed by atoms with van der Waals surface area (Å²) in [6.45, 7) is 6.71. The quantitative estimate of drug-likeness (QED) is 0.597. The van der Waals surface area contributed by atoms with Crippen LogP contribution in [0.15, 0.2) is 24.3 Å². The summed E-state index contributed by atoms with van der Waals surface area (Å²) in [5.74, 6) is 1.24. The van der Waals surface area contributed by atoms with Crippen LogP contribution in [-0.4, -0.2) is 29.5 Å². The summed E-state index contributed by atoms with van der Waals surface area (Å²) < 4.78 is 0. The Bertz CT molecular complexity index is 309. The van der Waals surface area contributed by atoms with Gasteiger partial charge in [-0.05, 0) is 56.5 Å². The molecule has 0 unspecified atom stereocenters. The minimum Gasteiger partial charge on any atom is -0.399 e. The molecule has 0 aliphatic rings. The van der Waals surface area contributed by atoms with E-state index in [-0.39, 0.29) is 0 Å². The Morgan fingerprint density at radius 3 is 2.41 bits per heavy atom. The summed E-state index contributed by atoms with van der Waals surface area (Å²) in [7, 11) is 0. The Morgan fingerprint density at radius 2 is 1.88 bits per heavy atom. The summed E-state index contributed by atoms with van der Waals surface area (Å²) in [5.41, 5.74) is 7.88. The van der Waals surface area contributed by atoms with Crippen LogP contribution in [0.25, 0.3) is 0 Å². The van der Waals surface area contributed by atoms with Crippen molar-refractivity contribution in [3.8, 4) is 0 Å². The fourth-order valence-electron chi connectivity index (χ4n) is 1.79. The Hall–Kier alpha value is -0.670. The predicted octanol–water partition coefficient (Wildman–Crippen LogP) is 3.23. The van der Waals surface area contributed by atoms with Crippen LogP contribution in [0.5, 0.6) is 0 Å². The zero-order valence-corrected chi connectivity index (χ0v) is 12.0. The van der Waals surface area contributed by atoms with Crippen LogP contribution in [0.3, 0.4) is 0 Å². The molecule has 0 aliphatic carbocycles. The maximum Gasteiger partial charge on any atom is 0.0314 e. The van der Waals surface area contributed by atoms with Gasteiger partial charge in [0.25, 0.3) is 0 Å². The molecule has 0 aromatic heterocycles. The van der Waals surface area contributed by atoms with E-state index in [1.165, 1.54) is 24.3 Å². The van der Waals surface area contributed by atoms with E-state index >= 15 is 0 Å². The van der Waals surface area contributed by atoms with Gasteiger partial charge in [0.15, 0.2) is 0 Å². The largest absolute Gasteiger partial charge is 0.399 e. The van der Waals surface area contributed by atoms with Gasteiger partial charge < -0.3 is 5.73 Å². The molecule has 1 aromatic carbocycles. The van der Waals surface area contributed by atoms with Crippen molar-refractivity contribution >= 4 is 17.4 Å². The second-order valence-corrected chi connectivity index (χ2v) is 5.64. The molecule has 0 bridgehead atoms. The number of hydrogen-bond donors (Lipinski definition) is 1. The normalized spacial score (nSPS) is 11.4. The smallest absolute Gasteiger partial charge is 0.0314 e. The van der Waals surface area contributed by atoms with E-state index in [0.717, 1.165) is 12.2 Å². The van der Waals surface area contributed by atoms with E-state index in [9.17, 15) is 0 Å². The number of rotatable bonds is 7. The van der Waals surface area contributed by atoms with Gasteiger partial charge in [0, 0.05) is 18.3 Å². The lowest BCUT2D eigenvalue weighted by Crippen LogP contribution is -2.31. The highest BCUT2D eigenvalue weighted by Crippen LogP contribution is 2.12. The van der Waals surface area contributed by atoms with Gasteiger partial charge in [-0.1, -0.05) is 12.1 Å². The summed E-state index contributed by atoms with van der Waals surface area (Å²) in [4.78, 5) is 2.52. The molecule has 0 aliphatic heterocycles. The van der Waals surface area contributed by atoms with Gasteiger partial charge in [-0.3, -0.25) is 4.90 Å². The minimum absolute atomic E-state index is 0.592. The maximum atomic E-state index is 5.70. The lowest BCUT2D eigenvalue weighted by Gasteiger charge is -2.26. The molecule has 0 heterocycles. The number of nitrogen functional groups attached to an aromatic ring is 1. The Labute approximate surface area is 110 Å². The number of benzene rings is 1. The first-order valence-corrected chi connectivity index (χ1v) is 7.60. The fraction of sp³-hybridized carbons (Fsp3) is 0.571. The van der Waals surface area contributed by atoms with Crippen LogP contribution in [0.2, 0.25) is 0 Å². The summed E-state index contributed by atoms with van der Waals surface area (Å²) in [6.07, 6.45) is 3.42. The summed E-state index contributed by atoms with van der Waals surface area (Å²) >= 11 is 1.92. The highest BCUT2D eigenvalue weighted by atomic mass is 32.2. The van der Waals surface area contributed by atoms with Gasteiger partial charge in [-0.2, -0.15) is 11.8 Å². The first kappa shape index (κ1) is 14.4. The third kappa shape index (κ3) is 5.46. The molecule has 0 amide bonds. The van der Waals surface area contributed by atoms with E-state index in [2.05, 4.69) is 37.1 Å². The van der Waals surface area contributed by atoms with E-state index in [1.54, 1.807) is 0 Å². The Kier molecular flexibility index (Phi) is 6.45. The topological polar surface area (TPSA) is 29.3 Å². The second kappa shape index (κ2) is 7.62. The standard InChI is InChI=1S/C14H24N2S/c1-12(2)16(9-4-10-17-3)11-13-5-7-14(15)8-6-13/h5-8,12H,4,9-11,15H2,1-3H3. The molecule has 96 valence electrons. The SMILES string of the molecule is CSCCCN(Cc1ccc(N)cc1)C(C)C.